The maximum atomic E-state index is 13.9. The molecule has 3 rings (SSSR count). The van der Waals surface area contributed by atoms with Gasteiger partial charge in [-0.05, 0) is 38.7 Å². The molecule has 1 aliphatic carbocycles. The number of nitrogens with one attached hydrogen (secondary N) is 1. The first-order valence-corrected chi connectivity index (χ1v) is 8.33. The van der Waals surface area contributed by atoms with Gasteiger partial charge in [0.15, 0.2) is 0 Å². The summed E-state index contributed by atoms with van der Waals surface area (Å²) in [6.07, 6.45) is 8.41. The van der Waals surface area contributed by atoms with Crippen LogP contribution in [0.2, 0.25) is 0 Å². The minimum absolute atomic E-state index is 0.0509. The third kappa shape index (κ3) is 3.46. The van der Waals surface area contributed by atoms with Crippen molar-refractivity contribution in [2.75, 3.05) is 6.61 Å². The van der Waals surface area contributed by atoms with E-state index < -0.39 is 0 Å². The molecule has 1 N–H and O–H groups in total. The molecule has 21 heavy (non-hydrogen) atoms. The molecule has 1 spiro atoms. The van der Waals surface area contributed by atoms with E-state index in [0.29, 0.717) is 6.04 Å². The molecule has 2 aliphatic rings. The summed E-state index contributed by atoms with van der Waals surface area (Å²) in [5.74, 6) is -0.114. The second-order valence-corrected chi connectivity index (χ2v) is 6.69. The Hall–Kier alpha value is -0.930. The summed E-state index contributed by atoms with van der Waals surface area (Å²) in [7, 11) is 0. The SMILES string of the molecule is C[C@@H](NC1CCOC2(CCCCC2)C1)c1ccccc1F. The zero-order chi connectivity index (χ0) is 14.7. The van der Waals surface area contributed by atoms with Crippen LogP contribution in [-0.2, 0) is 4.74 Å². The van der Waals surface area contributed by atoms with Crippen LogP contribution in [0.3, 0.4) is 0 Å². The van der Waals surface area contributed by atoms with Crippen LogP contribution in [0.15, 0.2) is 24.3 Å². The Morgan fingerprint density at radius 3 is 2.76 bits per heavy atom. The van der Waals surface area contributed by atoms with E-state index in [0.717, 1.165) is 25.0 Å². The van der Waals surface area contributed by atoms with E-state index in [-0.39, 0.29) is 17.5 Å². The maximum absolute atomic E-state index is 13.9. The highest BCUT2D eigenvalue weighted by molar-refractivity contribution is 5.20. The number of rotatable bonds is 3. The van der Waals surface area contributed by atoms with Crippen molar-refractivity contribution >= 4 is 0 Å². The van der Waals surface area contributed by atoms with Gasteiger partial charge in [-0.15, -0.1) is 0 Å². The third-order valence-corrected chi connectivity index (χ3v) is 5.12. The maximum Gasteiger partial charge on any atom is 0.127 e. The summed E-state index contributed by atoms with van der Waals surface area (Å²) in [6, 6.07) is 7.56. The van der Waals surface area contributed by atoms with Gasteiger partial charge in [-0.25, -0.2) is 4.39 Å². The number of halogens is 1. The minimum Gasteiger partial charge on any atom is -0.375 e. The Balaban J connectivity index is 1.63. The molecule has 3 heteroatoms. The highest BCUT2D eigenvalue weighted by Gasteiger charge is 2.38. The number of benzene rings is 1. The van der Waals surface area contributed by atoms with Gasteiger partial charge in [-0.1, -0.05) is 37.5 Å². The molecule has 1 heterocycles. The molecule has 0 bridgehead atoms. The zero-order valence-corrected chi connectivity index (χ0v) is 12.9. The van der Waals surface area contributed by atoms with Crippen molar-refractivity contribution in [1.29, 1.82) is 0 Å². The largest absolute Gasteiger partial charge is 0.375 e. The van der Waals surface area contributed by atoms with Crippen LogP contribution >= 0.6 is 0 Å². The minimum atomic E-state index is -0.114. The van der Waals surface area contributed by atoms with Gasteiger partial charge in [0, 0.05) is 24.3 Å². The van der Waals surface area contributed by atoms with Gasteiger partial charge in [-0.2, -0.15) is 0 Å². The molecule has 0 amide bonds. The van der Waals surface area contributed by atoms with E-state index in [1.807, 2.05) is 12.1 Å². The highest BCUT2D eigenvalue weighted by Crippen LogP contribution is 2.39. The van der Waals surface area contributed by atoms with Crippen molar-refractivity contribution in [3.63, 3.8) is 0 Å². The van der Waals surface area contributed by atoms with Crippen LogP contribution in [0.25, 0.3) is 0 Å². The molecule has 0 aromatic heterocycles. The highest BCUT2D eigenvalue weighted by atomic mass is 19.1. The van der Waals surface area contributed by atoms with Crippen LogP contribution in [-0.4, -0.2) is 18.2 Å². The molecule has 1 unspecified atom stereocenters. The van der Waals surface area contributed by atoms with Crippen molar-refractivity contribution in [2.45, 2.75) is 69.6 Å². The van der Waals surface area contributed by atoms with E-state index >= 15 is 0 Å². The second kappa shape index (κ2) is 6.45. The average Bonchev–Trinajstić information content (AvgIpc) is 2.48. The Morgan fingerprint density at radius 1 is 1.24 bits per heavy atom. The van der Waals surface area contributed by atoms with Crippen LogP contribution < -0.4 is 5.32 Å². The Morgan fingerprint density at radius 2 is 2.00 bits per heavy atom. The van der Waals surface area contributed by atoms with Gasteiger partial charge in [0.05, 0.1) is 5.60 Å². The molecular formula is C18H26FNO. The van der Waals surface area contributed by atoms with Crippen LogP contribution in [0.1, 0.15) is 63.5 Å². The van der Waals surface area contributed by atoms with E-state index in [9.17, 15) is 4.39 Å². The molecule has 1 saturated carbocycles. The fourth-order valence-electron chi connectivity index (χ4n) is 3.98. The Kier molecular flexibility index (Phi) is 4.60. The third-order valence-electron chi connectivity index (χ3n) is 5.12. The molecule has 1 aromatic carbocycles. The van der Waals surface area contributed by atoms with Gasteiger partial charge in [0.2, 0.25) is 0 Å². The number of ether oxygens (including phenoxy) is 1. The molecule has 2 fully saturated rings. The smallest absolute Gasteiger partial charge is 0.127 e. The first-order valence-electron chi connectivity index (χ1n) is 8.33. The summed E-state index contributed by atoms with van der Waals surface area (Å²) >= 11 is 0. The molecule has 116 valence electrons. The lowest BCUT2D eigenvalue weighted by molar-refractivity contribution is -0.110. The molecule has 2 nitrogen and oxygen atoms in total. The molecule has 2 atom stereocenters. The van der Waals surface area contributed by atoms with Crippen molar-refractivity contribution in [1.82, 2.24) is 5.32 Å². The van der Waals surface area contributed by atoms with E-state index in [2.05, 4.69) is 12.2 Å². The van der Waals surface area contributed by atoms with Crippen molar-refractivity contribution < 1.29 is 9.13 Å². The molecule has 1 aromatic rings. The van der Waals surface area contributed by atoms with Gasteiger partial charge in [0.25, 0.3) is 0 Å². The standard InChI is InChI=1S/C18H26FNO/c1-14(16-7-3-4-8-17(16)19)20-15-9-12-21-18(13-15)10-5-2-6-11-18/h3-4,7-8,14-15,20H,2,5-6,9-13H2,1H3/t14-,15?/m1/s1. The van der Waals surface area contributed by atoms with Crippen LogP contribution in [0.4, 0.5) is 4.39 Å². The van der Waals surface area contributed by atoms with Crippen LogP contribution in [0.5, 0.6) is 0 Å². The van der Waals surface area contributed by atoms with Gasteiger partial charge in [-0.3, -0.25) is 0 Å². The normalized spacial score (nSPS) is 26.7. The molecule has 1 aliphatic heterocycles. The zero-order valence-electron chi connectivity index (χ0n) is 12.9. The first-order chi connectivity index (χ1) is 10.2. The van der Waals surface area contributed by atoms with E-state index in [1.165, 1.54) is 32.1 Å². The summed E-state index contributed by atoms with van der Waals surface area (Å²) < 4.78 is 20.0. The van der Waals surface area contributed by atoms with Gasteiger partial charge >= 0.3 is 0 Å². The molecule has 0 radical (unpaired) electrons. The number of hydrogen-bond donors (Lipinski definition) is 1. The predicted molar refractivity (Wildman–Crippen MR) is 82.7 cm³/mol. The summed E-state index contributed by atoms with van der Waals surface area (Å²) in [5, 5.41) is 3.63. The van der Waals surface area contributed by atoms with Crippen molar-refractivity contribution in [3.8, 4) is 0 Å². The molecular weight excluding hydrogens is 265 g/mol. The molecule has 1 saturated heterocycles. The van der Waals surface area contributed by atoms with Gasteiger partial charge < -0.3 is 10.1 Å². The van der Waals surface area contributed by atoms with E-state index in [1.54, 1.807) is 12.1 Å². The summed E-state index contributed by atoms with van der Waals surface area (Å²) in [4.78, 5) is 0. The monoisotopic (exact) mass is 291 g/mol. The van der Waals surface area contributed by atoms with Crippen LogP contribution in [0, 0.1) is 5.82 Å². The van der Waals surface area contributed by atoms with Crippen molar-refractivity contribution in [3.05, 3.63) is 35.6 Å². The topological polar surface area (TPSA) is 21.3 Å². The average molecular weight is 291 g/mol. The number of hydrogen-bond acceptors (Lipinski definition) is 2. The Labute approximate surface area is 127 Å². The lowest BCUT2D eigenvalue weighted by atomic mass is 9.78. The Bertz CT molecular complexity index is 465. The first kappa shape index (κ1) is 15.0. The van der Waals surface area contributed by atoms with Crippen molar-refractivity contribution in [2.24, 2.45) is 0 Å². The lowest BCUT2D eigenvalue weighted by Crippen LogP contribution is -2.48. The summed E-state index contributed by atoms with van der Waals surface area (Å²) in [5.41, 5.74) is 0.866. The quantitative estimate of drug-likeness (QED) is 0.893. The predicted octanol–water partition coefficient (Wildman–Crippen LogP) is 4.36. The van der Waals surface area contributed by atoms with E-state index in [4.69, 9.17) is 4.74 Å². The van der Waals surface area contributed by atoms with Gasteiger partial charge in [0.1, 0.15) is 5.82 Å². The second-order valence-electron chi connectivity index (χ2n) is 6.69. The fraction of sp³-hybridized carbons (Fsp3) is 0.667. The fourth-order valence-corrected chi connectivity index (χ4v) is 3.98. The summed E-state index contributed by atoms with van der Waals surface area (Å²) in [6.45, 7) is 2.89. The lowest BCUT2D eigenvalue weighted by Gasteiger charge is -2.44.